The molecule has 1 rings (SSSR count). The molecule has 0 atom stereocenters. The molecule has 1 fully saturated rings. The highest BCUT2D eigenvalue weighted by Gasteiger charge is 2.17. The van der Waals surface area contributed by atoms with E-state index in [0.29, 0.717) is 0 Å². The first-order chi connectivity index (χ1) is 6.36. The Morgan fingerprint density at radius 1 is 1.23 bits per heavy atom. The monoisotopic (exact) mass is 182 g/mol. The number of hydrogen-bond acceptors (Lipinski definition) is 1. The highest BCUT2D eigenvalue weighted by atomic mass is 15.1. The summed E-state index contributed by atoms with van der Waals surface area (Å²) in [5, 5.41) is 0. The van der Waals surface area contributed by atoms with Crippen LogP contribution in [0.4, 0.5) is 0 Å². The van der Waals surface area contributed by atoms with Crippen molar-refractivity contribution in [1.29, 1.82) is 0 Å². The van der Waals surface area contributed by atoms with Gasteiger partial charge in [0.1, 0.15) is 0 Å². The van der Waals surface area contributed by atoms with Crippen LogP contribution in [0.15, 0.2) is 0 Å². The van der Waals surface area contributed by atoms with Gasteiger partial charge in [-0.2, -0.15) is 0 Å². The van der Waals surface area contributed by atoms with Gasteiger partial charge in [-0.3, -0.25) is 4.90 Å². The summed E-state index contributed by atoms with van der Waals surface area (Å²) >= 11 is 0. The number of unbranched alkanes of at least 4 members (excludes halogenated alkanes) is 1. The molecule has 1 heteroatoms. The second kappa shape index (κ2) is 6.42. The molecule has 0 amide bonds. The van der Waals surface area contributed by atoms with Crippen molar-refractivity contribution >= 4 is 0 Å². The summed E-state index contributed by atoms with van der Waals surface area (Å²) in [4.78, 5) is 2.50. The maximum atomic E-state index is 2.50. The Morgan fingerprint density at radius 2 is 1.92 bits per heavy atom. The minimum absolute atomic E-state index is 1.03. The Labute approximate surface area is 83.5 Å². The zero-order valence-electron chi connectivity index (χ0n) is 9.26. The molecule has 77 valence electrons. The maximum Gasteiger partial charge on any atom is 0.0248 e. The fourth-order valence-corrected chi connectivity index (χ4v) is 2.18. The summed E-state index contributed by atoms with van der Waals surface area (Å²) in [6.45, 7) is 9.49. The van der Waals surface area contributed by atoms with Gasteiger partial charge >= 0.3 is 0 Å². The van der Waals surface area contributed by atoms with E-state index in [0.717, 1.165) is 5.92 Å². The van der Waals surface area contributed by atoms with Gasteiger partial charge in [-0.05, 0) is 38.3 Å². The van der Waals surface area contributed by atoms with Gasteiger partial charge in [-0.25, -0.2) is 0 Å². The van der Waals surface area contributed by atoms with E-state index >= 15 is 0 Å². The topological polar surface area (TPSA) is 3.24 Å². The third-order valence-electron chi connectivity index (χ3n) is 3.06. The second-order valence-electron chi connectivity index (χ2n) is 4.21. The number of nitrogens with zero attached hydrogens (tertiary/aromatic N) is 1. The van der Waals surface area contributed by atoms with E-state index in [-0.39, 0.29) is 0 Å². The smallest absolute Gasteiger partial charge is 0.0248 e. The Hall–Kier alpha value is -0.0400. The van der Waals surface area contributed by atoms with E-state index in [9.17, 15) is 0 Å². The molecule has 1 nitrogen and oxygen atoms in total. The minimum Gasteiger partial charge on any atom is -0.299 e. The molecule has 1 aliphatic heterocycles. The first-order valence-electron chi connectivity index (χ1n) is 5.94. The highest BCUT2D eigenvalue weighted by molar-refractivity contribution is 4.76. The molecule has 0 spiro atoms. The van der Waals surface area contributed by atoms with Crippen molar-refractivity contribution in [3.05, 3.63) is 6.54 Å². The molecule has 0 saturated carbocycles. The molecule has 0 aromatic heterocycles. The standard InChI is InChI=1S/C12H24N/c1-3-5-6-12-7-10-13(9-4-2)11-8-12/h9,12H,3-8,10-11H2,1-2H3. The number of likely N-dealkylation sites (tertiary alicyclic amines) is 1. The second-order valence-corrected chi connectivity index (χ2v) is 4.21. The van der Waals surface area contributed by atoms with Crippen LogP contribution in [0.3, 0.4) is 0 Å². The molecule has 1 heterocycles. The number of piperidine rings is 1. The van der Waals surface area contributed by atoms with E-state index in [4.69, 9.17) is 0 Å². The van der Waals surface area contributed by atoms with E-state index < -0.39 is 0 Å². The summed E-state index contributed by atoms with van der Waals surface area (Å²) in [6, 6.07) is 0. The van der Waals surface area contributed by atoms with Crippen LogP contribution in [0.5, 0.6) is 0 Å². The van der Waals surface area contributed by atoms with E-state index in [1.807, 2.05) is 0 Å². The average Bonchev–Trinajstić information content (AvgIpc) is 2.17. The van der Waals surface area contributed by atoms with Crippen LogP contribution in [0.2, 0.25) is 0 Å². The normalized spacial score (nSPS) is 20.8. The van der Waals surface area contributed by atoms with Crippen molar-refractivity contribution in [2.24, 2.45) is 5.92 Å². The molecule has 1 radical (unpaired) electrons. The molecule has 13 heavy (non-hydrogen) atoms. The van der Waals surface area contributed by atoms with E-state index in [1.54, 1.807) is 0 Å². The first kappa shape index (κ1) is 11.0. The van der Waals surface area contributed by atoms with E-state index in [2.05, 4.69) is 25.3 Å². The van der Waals surface area contributed by atoms with Gasteiger partial charge in [-0.1, -0.05) is 33.1 Å². The molecule has 0 N–H and O–H groups in total. The molecule has 0 unspecified atom stereocenters. The van der Waals surface area contributed by atoms with Crippen LogP contribution >= 0.6 is 0 Å². The van der Waals surface area contributed by atoms with Gasteiger partial charge in [-0.15, -0.1) is 0 Å². The molecular formula is C12H24N. The summed E-state index contributed by atoms with van der Waals surface area (Å²) in [5.74, 6) is 1.03. The maximum absolute atomic E-state index is 2.50. The lowest BCUT2D eigenvalue weighted by Gasteiger charge is -2.31. The lowest BCUT2D eigenvalue weighted by Crippen LogP contribution is -2.31. The molecule has 0 aromatic carbocycles. The molecule has 1 aliphatic rings. The van der Waals surface area contributed by atoms with Crippen LogP contribution in [0.25, 0.3) is 0 Å². The predicted octanol–water partition coefficient (Wildman–Crippen LogP) is 3.46. The van der Waals surface area contributed by atoms with Gasteiger partial charge in [0, 0.05) is 6.54 Å². The largest absolute Gasteiger partial charge is 0.299 e. The molecule has 0 bridgehead atoms. The van der Waals surface area contributed by atoms with Crippen LogP contribution in [-0.2, 0) is 0 Å². The van der Waals surface area contributed by atoms with Crippen LogP contribution in [0.1, 0.15) is 52.4 Å². The SMILES string of the molecule is CC[CH]N1CCC(CCCC)CC1. The van der Waals surface area contributed by atoms with Crippen molar-refractivity contribution in [1.82, 2.24) is 4.90 Å². The summed E-state index contributed by atoms with van der Waals surface area (Å²) in [5.41, 5.74) is 0. The third-order valence-corrected chi connectivity index (χ3v) is 3.06. The molecular weight excluding hydrogens is 158 g/mol. The van der Waals surface area contributed by atoms with Crippen LogP contribution < -0.4 is 0 Å². The van der Waals surface area contributed by atoms with Crippen molar-refractivity contribution < 1.29 is 0 Å². The highest BCUT2D eigenvalue weighted by Crippen LogP contribution is 2.23. The Morgan fingerprint density at radius 3 is 2.46 bits per heavy atom. The van der Waals surface area contributed by atoms with E-state index in [1.165, 1.54) is 51.6 Å². The third kappa shape index (κ3) is 4.12. The van der Waals surface area contributed by atoms with Crippen molar-refractivity contribution in [2.45, 2.75) is 52.4 Å². The van der Waals surface area contributed by atoms with Gasteiger partial charge < -0.3 is 0 Å². The quantitative estimate of drug-likeness (QED) is 0.629. The van der Waals surface area contributed by atoms with Gasteiger partial charge in [0.25, 0.3) is 0 Å². The Bertz CT molecular complexity index is 114. The molecule has 0 aliphatic carbocycles. The molecule has 1 saturated heterocycles. The van der Waals surface area contributed by atoms with Gasteiger partial charge in [0.05, 0.1) is 0 Å². The van der Waals surface area contributed by atoms with Crippen molar-refractivity contribution in [2.75, 3.05) is 13.1 Å². The number of hydrogen-bond donors (Lipinski definition) is 0. The zero-order valence-corrected chi connectivity index (χ0v) is 9.26. The van der Waals surface area contributed by atoms with Crippen LogP contribution in [-0.4, -0.2) is 18.0 Å². The summed E-state index contributed by atoms with van der Waals surface area (Å²) < 4.78 is 0. The zero-order chi connectivity index (χ0) is 9.52. The fourth-order valence-electron chi connectivity index (χ4n) is 2.18. The predicted molar refractivity (Wildman–Crippen MR) is 58.4 cm³/mol. The van der Waals surface area contributed by atoms with Gasteiger partial charge in [0.2, 0.25) is 0 Å². The Balaban J connectivity index is 2.08. The summed E-state index contributed by atoms with van der Waals surface area (Å²) in [7, 11) is 0. The average molecular weight is 182 g/mol. The lowest BCUT2D eigenvalue weighted by atomic mass is 9.92. The van der Waals surface area contributed by atoms with Crippen molar-refractivity contribution in [3.63, 3.8) is 0 Å². The molecule has 0 aromatic rings. The van der Waals surface area contributed by atoms with Crippen LogP contribution in [0, 0.1) is 12.5 Å². The first-order valence-corrected chi connectivity index (χ1v) is 5.94. The number of rotatable bonds is 5. The summed E-state index contributed by atoms with van der Waals surface area (Å²) in [6.07, 6.45) is 8.31. The van der Waals surface area contributed by atoms with Gasteiger partial charge in [0.15, 0.2) is 0 Å². The minimum atomic E-state index is 1.03. The Kier molecular flexibility index (Phi) is 5.45. The van der Waals surface area contributed by atoms with Crippen molar-refractivity contribution in [3.8, 4) is 0 Å². The lowest BCUT2D eigenvalue weighted by molar-refractivity contribution is 0.208. The fraction of sp³-hybridized carbons (Fsp3) is 0.917.